The summed E-state index contributed by atoms with van der Waals surface area (Å²) in [5, 5.41) is 9.03. The molecular formula is C20H23FN4O7S. The number of nitrogens with one attached hydrogen (secondary N) is 1. The molecule has 1 fully saturated rings. The van der Waals surface area contributed by atoms with E-state index in [-0.39, 0.29) is 30.0 Å². The monoisotopic (exact) mass is 482 g/mol. The molecule has 0 aliphatic carbocycles. The maximum absolute atomic E-state index is 14.6. The Morgan fingerprint density at radius 2 is 1.91 bits per heavy atom. The Morgan fingerprint density at radius 3 is 2.52 bits per heavy atom. The number of hydrogen-bond donors (Lipinski definition) is 2. The molecule has 0 spiro atoms. The van der Waals surface area contributed by atoms with E-state index >= 15 is 0 Å². The molecule has 0 saturated carbocycles. The van der Waals surface area contributed by atoms with Crippen LogP contribution >= 0.6 is 0 Å². The van der Waals surface area contributed by atoms with Gasteiger partial charge in [-0.15, -0.1) is 0 Å². The molecule has 2 N–H and O–H groups in total. The van der Waals surface area contributed by atoms with Gasteiger partial charge in [0.1, 0.15) is 12.4 Å². The van der Waals surface area contributed by atoms with Gasteiger partial charge in [-0.25, -0.2) is 32.3 Å². The van der Waals surface area contributed by atoms with Gasteiger partial charge < -0.3 is 19.5 Å². The summed E-state index contributed by atoms with van der Waals surface area (Å²) >= 11 is 0. The number of carbonyl (C=O) groups excluding carboxylic acids is 1. The summed E-state index contributed by atoms with van der Waals surface area (Å²) in [4.78, 5) is 31.4. The van der Waals surface area contributed by atoms with Gasteiger partial charge in [0.15, 0.2) is 11.6 Å². The average Bonchev–Trinajstić information content (AvgIpc) is 2.77. The second-order valence-corrected chi connectivity index (χ2v) is 8.95. The normalized spacial score (nSPS) is 14.6. The Balaban J connectivity index is 1.73. The highest BCUT2D eigenvalue weighted by atomic mass is 32.2. The number of nitrogens with zero attached hydrogens (tertiary/aromatic N) is 3. The highest BCUT2D eigenvalue weighted by Crippen LogP contribution is 2.31. The maximum atomic E-state index is 14.6. The number of carbonyl (C=O) groups is 2. The zero-order valence-corrected chi connectivity index (χ0v) is 18.8. The number of aromatic nitrogens is 2. The van der Waals surface area contributed by atoms with E-state index in [2.05, 4.69) is 9.97 Å². The topological polar surface area (TPSA) is 148 Å². The van der Waals surface area contributed by atoms with E-state index in [4.69, 9.17) is 14.6 Å². The van der Waals surface area contributed by atoms with Crippen LogP contribution in [0.2, 0.25) is 0 Å². The van der Waals surface area contributed by atoms with E-state index in [1.807, 2.05) is 4.72 Å². The van der Waals surface area contributed by atoms with Gasteiger partial charge in [0, 0.05) is 32.4 Å². The Bertz CT molecular complexity index is 1150. The molecular weight excluding hydrogens is 459 g/mol. The number of benzene rings is 1. The largest absolute Gasteiger partial charge is 0.474 e. The Kier molecular flexibility index (Phi) is 7.31. The molecule has 3 rings (SSSR count). The first kappa shape index (κ1) is 24.2. The summed E-state index contributed by atoms with van der Waals surface area (Å²) < 4.78 is 52.1. The molecule has 2 heterocycles. The molecule has 0 unspecified atom stereocenters. The quantitative estimate of drug-likeness (QED) is 0.607. The minimum atomic E-state index is -4.21. The van der Waals surface area contributed by atoms with Gasteiger partial charge in [0.05, 0.1) is 10.5 Å². The third kappa shape index (κ3) is 5.86. The Labute approximate surface area is 189 Å². The zero-order valence-electron chi connectivity index (χ0n) is 17.9. The van der Waals surface area contributed by atoms with Crippen molar-refractivity contribution in [3.63, 3.8) is 0 Å². The predicted molar refractivity (Wildman–Crippen MR) is 112 cm³/mol. The smallest absolute Gasteiger partial charge is 0.407 e. The minimum Gasteiger partial charge on any atom is -0.474 e. The number of rotatable bonds is 7. The molecule has 178 valence electrons. The highest BCUT2D eigenvalue weighted by Gasteiger charge is 2.25. The van der Waals surface area contributed by atoms with Crippen molar-refractivity contribution in [1.82, 2.24) is 19.6 Å². The van der Waals surface area contributed by atoms with Gasteiger partial charge in [0.2, 0.25) is 17.7 Å². The van der Waals surface area contributed by atoms with Crippen molar-refractivity contribution < 1.29 is 37.0 Å². The fourth-order valence-electron chi connectivity index (χ4n) is 3.08. The maximum Gasteiger partial charge on any atom is 0.407 e. The molecule has 0 radical (unpaired) electrons. The number of sulfonamides is 1. The zero-order chi connectivity index (χ0) is 24.2. The molecule has 1 saturated heterocycles. The van der Waals surface area contributed by atoms with Crippen LogP contribution in [0.4, 0.5) is 9.18 Å². The fraction of sp³-hybridized carbons (Fsp3) is 0.400. The first-order valence-electron chi connectivity index (χ1n) is 10.1. The molecule has 1 aromatic heterocycles. The van der Waals surface area contributed by atoms with Crippen molar-refractivity contribution in [3.05, 3.63) is 35.9 Å². The number of likely N-dealkylation sites (tertiary alicyclic amines) is 1. The van der Waals surface area contributed by atoms with Crippen molar-refractivity contribution in [2.75, 3.05) is 13.1 Å². The van der Waals surface area contributed by atoms with E-state index in [0.717, 1.165) is 18.2 Å². The predicted octanol–water partition coefficient (Wildman–Crippen LogP) is 2.45. The fourth-order valence-corrected chi connectivity index (χ4v) is 4.15. The summed E-state index contributed by atoms with van der Waals surface area (Å²) in [6, 6.07) is 2.96. The van der Waals surface area contributed by atoms with Crippen molar-refractivity contribution in [1.29, 1.82) is 0 Å². The summed E-state index contributed by atoms with van der Waals surface area (Å²) in [6.45, 7) is 3.79. The van der Waals surface area contributed by atoms with Crippen molar-refractivity contribution in [2.24, 2.45) is 0 Å². The molecule has 11 nitrogen and oxygen atoms in total. The van der Waals surface area contributed by atoms with Crippen LogP contribution in [0, 0.1) is 12.7 Å². The summed E-state index contributed by atoms with van der Waals surface area (Å²) in [5.74, 6) is -1.73. The lowest BCUT2D eigenvalue weighted by atomic mass is 10.1. The van der Waals surface area contributed by atoms with Gasteiger partial charge in [-0.3, -0.25) is 4.79 Å². The van der Waals surface area contributed by atoms with Crippen LogP contribution < -0.4 is 14.2 Å². The summed E-state index contributed by atoms with van der Waals surface area (Å²) in [6.07, 6.45) is 0.897. The van der Waals surface area contributed by atoms with E-state index in [9.17, 15) is 22.4 Å². The molecule has 2 amide bonds. The number of piperidine rings is 1. The average molecular weight is 482 g/mol. The lowest BCUT2D eigenvalue weighted by Gasteiger charge is -2.30. The van der Waals surface area contributed by atoms with Crippen molar-refractivity contribution in [3.8, 4) is 17.5 Å². The molecule has 0 atom stereocenters. The van der Waals surface area contributed by atoms with E-state index in [1.54, 1.807) is 6.92 Å². The summed E-state index contributed by atoms with van der Waals surface area (Å²) in [7, 11) is -4.21. The number of carboxylic acid groups (broad SMARTS) is 1. The van der Waals surface area contributed by atoms with Gasteiger partial charge in [0.25, 0.3) is 10.0 Å². The van der Waals surface area contributed by atoms with Crippen LogP contribution in [0.25, 0.3) is 0 Å². The highest BCUT2D eigenvalue weighted by molar-refractivity contribution is 7.90. The summed E-state index contributed by atoms with van der Waals surface area (Å²) in [5.41, 5.74) is 0.393. The molecule has 1 aromatic carbocycles. The number of amides is 2. The van der Waals surface area contributed by atoms with Crippen molar-refractivity contribution in [2.45, 2.75) is 44.1 Å². The van der Waals surface area contributed by atoms with Crippen molar-refractivity contribution >= 4 is 22.0 Å². The van der Waals surface area contributed by atoms with Crippen LogP contribution in [0.5, 0.6) is 17.5 Å². The van der Waals surface area contributed by atoms with Gasteiger partial charge >= 0.3 is 6.09 Å². The third-order valence-corrected chi connectivity index (χ3v) is 6.34. The van der Waals surface area contributed by atoms with Crippen LogP contribution in [-0.2, 0) is 14.8 Å². The van der Waals surface area contributed by atoms with Crippen LogP contribution in [-0.4, -0.2) is 59.6 Å². The Morgan fingerprint density at radius 1 is 1.24 bits per heavy atom. The van der Waals surface area contributed by atoms with Gasteiger partial charge in [-0.2, -0.15) is 0 Å². The molecule has 1 aliphatic rings. The van der Waals surface area contributed by atoms with E-state index < -0.39 is 32.7 Å². The second kappa shape index (κ2) is 9.98. The first-order valence-corrected chi connectivity index (χ1v) is 11.6. The van der Waals surface area contributed by atoms with Crippen LogP contribution in [0.15, 0.2) is 29.4 Å². The number of hydrogen-bond acceptors (Lipinski definition) is 8. The lowest BCUT2D eigenvalue weighted by Crippen LogP contribution is -2.41. The third-order valence-electron chi connectivity index (χ3n) is 4.97. The van der Waals surface area contributed by atoms with E-state index in [0.29, 0.717) is 31.5 Å². The van der Waals surface area contributed by atoms with E-state index in [1.165, 1.54) is 18.2 Å². The number of halogens is 1. The minimum absolute atomic E-state index is 0.0109. The molecule has 1 aliphatic heterocycles. The second-order valence-electron chi connectivity index (χ2n) is 7.27. The van der Waals surface area contributed by atoms with Crippen LogP contribution in [0.1, 0.15) is 31.7 Å². The lowest BCUT2D eigenvalue weighted by molar-refractivity contribution is -0.119. The molecule has 2 aromatic rings. The Hall–Kier alpha value is -3.48. The first-order chi connectivity index (χ1) is 15.6. The van der Waals surface area contributed by atoms with Gasteiger partial charge in [-0.1, -0.05) is 6.92 Å². The molecule has 33 heavy (non-hydrogen) atoms. The molecule has 13 heteroatoms. The standard InChI is InChI=1S/C20H23FN4O7S/c1-3-17(26)24-33(29,30)14-4-5-16(15(21)10-14)32-19-12(2)18(22-11-23-19)31-13-6-8-25(9-7-13)20(27)28/h4-5,10-11,13H,3,6-9H2,1-2H3,(H,24,26)(H,27,28). The van der Waals surface area contributed by atoms with Gasteiger partial charge in [-0.05, 0) is 25.1 Å². The molecule has 0 bridgehead atoms. The number of ether oxygens (including phenoxy) is 2. The van der Waals surface area contributed by atoms with Crippen LogP contribution in [0.3, 0.4) is 0 Å². The SMILES string of the molecule is CCC(=O)NS(=O)(=O)c1ccc(Oc2ncnc(OC3CCN(C(=O)O)CC3)c2C)c(F)c1.